The van der Waals surface area contributed by atoms with Gasteiger partial charge in [-0.2, -0.15) is 0 Å². The van der Waals surface area contributed by atoms with Crippen LogP contribution in [0.25, 0.3) is 0 Å². The summed E-state index contributed by atoms with van der Waals surface area (Å²) in [6.45, 7) is 1.50. The molecule has 0 saturated carbocycles. The van der Waals surface area contributed by atoms with E-state index in [1.165, 1.54) is 5.56 Å². The van der Waals surface area contributed by atoms with Gasteiger partial charge in [0.2, 0.25) is 0 Å². The van der Waals surface area contributed by atoms with Gasteiger partial charge in [0.05, 0.1) is 10.1 Å². The van der Waals surface area contributed by atoms with Crippen LogP contribution < -0.4 is 5.32 Å². The minimum atomic E-state index is -4.04. The number of hydrogen-bond acceptors (Lipinski definition) is 4. The molecule has 0 spiro atoms. The van der Waals surface area contributed by atoms with Crippen molar-refractivity contribution in [2.75, 3.05) is 12.3 Å². The second-order valence-corrected chi connectivity index (χ2v) is 5.15. The van der Waals surface area contributed by atoms with Gasteiger partial charge in [0.15, 0.2) is 0 Å². The maximum Gasteiger partial charge on any atom is 0.0945 e. The van der Waals surface area contributed by atoms with Crippen LogP contribution in [-0.2, 0) is 16.7 Å². The van der Waals surface area contributed by atoms with Crippen molar-refractivity contribution < 1.29 is 13.0 Å². The summed E-state index contributed by atoms with van der Waals surface area (Å²) >= 11 is 0. The Morgan fingerprint density at radius 3 is 2.44 bits per heavy atom. The van der Waals surface area contributed by atoms with Crippen molar-refractivity contribution in [3.63, 3.8) is 0 Å². The van der Waals surface area contributed by atoms with Crippen LogP contribution in [0.4, 0.5) is 0 Å². The molecule has 16 heavy (non-hydrogen) atoms. The van der Waals surface area contributed by atoms with Crippen LogP contribution >= 0.6 is 0 Å². The second kappa shape index (κ2) is 6.62. The number of rotatable bonds is 7. The number of benzene rings is 1. The van der Waals surface area contributed by atoms with Crippen LogP contribution in [0.3, 0.4) is 0 Å². The van der Waals surface area contributed by atoms with Gasteiger partial charge in [0, 0.05) is 12.3 Å². The summed E-state index contributed by atoms with van der Waals surface area (Å²) in [4.78, 5) is 0. The van der Waals surface area contributed by atoms with Crippen molar-refractivity contribution in [1.82, 2.24) is 5.32 Å². The van der Waals surface area contributed by atoms with Crippen LogP contribution in [-0.4, -0.2) is 25.3 Å². The fourth-order valence-electron chi connectivity index (χ4n) is 1.36. The highest BCUT2D eigenvalue weighted by Gasteiger charge is 1.95. The maximum atomic E-state index is 10.3. The Morgan fingerprint density at radius 2 is 1.81 bits per heavy atom. The van der Waals surface area contributed by atoms with Crippen molar-refractivity contribution in [1.29, 1.82) is 0 Å². The molecule has 0 unspecified atom stereocenters. The van der Waals surface area contributed by atoms with Gasteiger partial charge in [-0.1, -0.05) is 30.3 Å². The van der Waals surface area contributed by atoms with Gasteiger partial charge in [-0.3, -0.25) is 0 Å². The number of hydrogen-bond donors (Lipinski definition) is 1. The lowest BCUT2D eigenvalue weighted by Crippen LogP contribution is -2.15. The third-order valence-electron chi connectivity index (χ3n) is 2.17. The second-order valence-electron chi connectivity index (χ2n) is 3.63. The Labute approximate surface area is 96.4 Å². The van der Waals surface area contributed by atoms with E-state index in [2.05, 4.69) is 5.32 Å². The molecule has 1 aromatic carbocycles. The molecule has 0 aromatic heterocycles. The molecule has 5 heteroatoms. The van der Waals surface area contributed by atoms with Gasteiger partial charge in [-0.15, -0.1) is 0 Å². The fourth-order valence-corrected chi connectivity index (χ4v) is 1.92. The molecule has 1 N–H and O–H groups in total. The normalized spacial score (nSPS) is 11.6. The first-order valence-corrected chi connectivity index (χ1v) is 6.84. The molecule has 0 aliphatic heterocycles. The van der Waals surface area contributed by atoms with E-state index in [0.29, 0.717) is 12.8 Å². The quantitative estimate of drug-likeness (QED) is 0.574. The van der Waals surface area contributed by atoms with E-state index in [1.807, 2.05) is 30.3 Å². The Hall–Kier alpha value is -0.910. The third-order valence-corrected chi connectivity index (χ3v) is 2.96. The van der Waals surface area contributed by atoms with Gasteiger partial charge in [0.25, 0.3) is 0 Å². The summed E-state index contributed by atoms with van der Waals surface area (Å²) in [6.07, 6.45) is 1.13. The summed E-state index contributed by atoms with van der Waals surface area (Å²) in [5.41, 5.74) is 1.19. The number of unbranched alkanes of at least 4 members (excludes halogenated alkanes) is 1. The largest absolute Gasteiger partial charge is 0.748 e. The van der Waals surface area contributed by atoms with Gasteiger partial charge >= 0.3 is 0 Å². The average molecular weight is 242 g/mol. The molecule has 0 amide bonds. The van der Waals surface area contributed by atoms with Gasteiger partial charge in [-0.05, 0) is 24.9 Å². The van der Waals surface area contributed by atoms with Crippen molar-refractivity contribution >= 4 is 10.1 Å². The lowest BCUT2D eigenvalue weighted by Gasteiger charge is -2.07. The van der Waals surface area contributed by atoms with E-state index in [0.717, 1.165) is 13.1 Å². The zero-order valence-electron chi connectivity index (χ0n) is 9.06. The SMILES string of the molecule is O=S(=O)([O-])CCCCNCc1ccccc1. The molecule has 1 aromatic rings. The minimum absolute atomic E-state index is 0.264. The minimum Gasteiger partial charge on any atom is -0.748 e. The van der Waals surface area contributed by atoms with Gasteiger partial charge in [0.1, 0.15) is 0 Å². The monoisotopic (exact) mass is 242 g/mol. The van der Waals surface area contributed by atoms with Crippen molar-refractivity contribution in [3.05, 3.63) is 35.9 Å². The zero-order chi connectivity index (χ0) is 11.9. The molecule has 0 heterocycles. The molecule has 0 radical (unpaired) electrons. The first-order valence-electron chi connectivity index (χ1n) is 5.26. The van der Waals surface area contributed by atoms with E-state index in [-0.39, 0.29) is 5.75 Å². The van der Waals surface area contributed by atoms with Crippen LogP contribution in [0.2, 0.25) is 0 Å². The van der Waals surface area contributed by atoms with Crippen molar-refractivity contribution in [3.8, 4) is 0 Å². The zero-order valence-corrected chi connectivity index (χ0v) is 9.87. The van der Waals surface area contributed by atoms with Crippen LogP contribution in [0.15, 0.2) is 30.3 Å². The molecule has 90 valence electrons. The van der Waals surface area contributed by atoms with E-state index in [4.69, 9.17) is 0 Å². The van der Waals surface area contributed by atoms with E-state index >= 15 is 0 Å². The molecule has 0 aliphatic carbocycles. The van der Waals surface area contributed by atoms with Gasteiger partial charge in [-0.25, -0.2) is 8.42 Å². The van der Waals surface area contributed by atoms with E-state index < -0.39 is 10.1 Å². The highest BCUT2D eigenvalue weighted by Crippen LogP contribution is 1.98. The Bertz CT molecular complexity index is 389. The third kappa shape index (κ3) is 6.55. The topological polar surface area (TPSA) is 69.2 Å². The Balaban J connectivity index is 2.05. The average Bonchev–Trinajstić information content (AvgIpc) is 2.23. The lowest BCUT2D eigenvalue weighted by atomic mass is 10.2. The summed E-state index contributed by atoms with van der Waals surface area (Å²) < 4.78 is 30.9. The van der Waals surface area contributed by atoms with E-state index in [9.17, 15) is 13.0 Å². The van der Waals surface area contributed by atoms with Gasteiger partial charge < -0.3 is 9.87 Å². The summed E-state index contributed by atoms with van der Waals surface area (Å²) in [5.74, 6) is -0.264. The van der Waals surface area contributed by atoms with Crippen molar-refractivity contribution in [2.24, 2.45) is 0 Å². The molecular weight excluding hydrogens is 226 g/mol. The molecule has 4 nitrogen and oxygen atoms in total. The molecule has 0 fully saturated rings. The van der Waals surface area contributed by atoms with E-state index in [1.54, 1.807) is 0 Å². The fraction of sp³-hybridized carbons (Fsp3) is 0.455. The predicted molar refractivity (Wildman–Crippen MR) is 61.9 cm³/mol. The predicted octanol–water partition coefficient (Wildman–Crippen LogP) is 1.10. The van der Waals surface area contributed by atoms with Crippen molar-refractivity contribution in [2.45, 2.75) is 19.4 Å². The molecule has 0 aliphatic rings. The smallest absolute Gasteiger partial charge is 0.0945 e. The highest BCUT2D eigenvalue weighted by molar-refractivity contribution is 7.85. The maximum absolute atomic E-state index is 10.3. The summed E-state index contributed by atoms with van der Waals surface area (Å²) in [5, 5.41) is 3.19. The first kappa shape index (κ1) is 13.2. The molecule has 0 bridgehead atoms. The lowest BCUT2D eigenvalue weighted by molar-refractivity contribution is 0.459. The molecule has 1 rings (SSSR count). The Kier molecular flexibility index (Phi) is 5.45. The first-order chi connectivity index (χ1) is 7.58. The van der Waals surface area contributed by atoms with Crippen LogP contribution in [0.5, 0.6) is 0 Å². The summed E-state index contributed by atoms with van der Waals surface area (Å²) in [7, 11) is -4.04. The summed E-state index contributed by atoms with van der Waals surface area (Å²) in [6, 6.07) is 9.95. The Morgan fingerprint density at radius 1 is 1.12 bits per heavy atom. The molecule has 0 atom stereocenters. The molecule has 0 saturated heterocycles. The standard InChI is InChI=1S/C11H17NO3S/c13-16(14,15)9-5-4-8-12-10-11-6-2-1-3-7-11/h1-3,6-7,12H,4-5,8-10H2,(H,13,14,15)/p-1. The number of nitrogens with one attached hydrogen (secondary N) is 1. The van der Waals surface area contributed by atoms with Crippen LogP contribution in [0.1, 0.15) is 18.4 Å². The highest BCUT2D eigenvalue weighted by atomic mass is 32.2. The van der Waals surface area contributed by atoms with Crippen LogP contribution in [0, 0.1) is 0 Å². The molecular formula is C11H16NO3S-.